The van der Waals surface area contributed by atoms with Gasteiger partial charge in [0.05, 0.1) is 11.6 Å². The van der Waals surface area contributed by atoms with Crippen molar-refractivity contribution in [2.24, 2.45) is 0 Å². The van der Waals surface area contributed by atoms with Crippen LogP contribution in [0.3, 0.4) is 0 Å². The number of Topliss-reactive ketones (excluding diaryl/α,β-unsaturated/α-hetero) is 1. The van der Waals surface area contributed by atoms with Crippen molar-refractivity contribution in [3.05, 3.63) is 75.9 Å². The molecule has 1 saturated heterocycles. The number of aliphatic hydroxyl groups excluding tert-OH is 1. The monoisotopic (exact) mass is 420 g/mol. The first kappa shape index (κ1) is 22.8. The fraction of sp³-hybridized carbons (Fsp3) is 0.385. The number of ketones is 1. The number of rotatable bonds is 7. The Kier molecular flexibility index (Phi) is 6.96. The van der Waals surface area contributed by atoms with Crippen LogP contribution in [0.4, 0.5) is 0 Å². The van der Waals surface area contributed by atoms with Gasteiger partial charge in [-0.25, -0.2) is 0 Å². The highest BCUT2D eigenvalue weighted by atomic mass is 16.3. The van der Waals surface area contributed by atoms with Crippen molar-refractivity contribution in [1.29, 1.82) is 0 Å². The summed E-state index contributed by atoms with van der Waals surface area (Å²) in [7, 11) is 3.96. The Morgan fingerprint density at radius 2 is 1.74 bits per heavy atom. The lowest BCUT2D eigenvalue weighted by molar-refractivity contribution is -0.139. The molecule has 5 nitrogen and oxygen atoms in total. The van der Waals surface area contributed by atoms with Gasteiger partial charge in [0.1, 0.15) is 5.76 Å². The van der Waals surface area contributed by atoms with Crippen LogP contribution < -0.4 is 0 Å². The highest BCUT2D eigenvalue weighted by Crippen LogP contribution is 2.40. The summed E-state index contributed by atoms with van der Waals surface area (Å²) in [6.07, 6.45) is 1.65. The van der Waals surface area contributed by atoms with E-state index < -0.39 is 17.7 Å². The largest absolute Gasteiger partial charge is 0.507 e. The highest BCUT2D eigenvalue weighted by Gasteiger charge is 2.45. The van der Waals surface area contributed by atoms with Crippen molar-refractivity contribution >= 4 is 17.4 Å². The number of carbonyl (C=O) groups excluding carboxylic acids is 2. The molecule has 164 valence electrons. The van der Waals surface area contributed by atoms with Gasteiger partial charge in [-0.1, -0.05) is 48.9 Å². The van der Waals surface area contributed by atoms with Crippen molar-refractivity contribution in [2.45, 2.75) is 39.7 Å². The van der Waals surface area contributed by atoms with E-state index in [-0.39, 0.29) is 11.3 Å². The Labute approximate surface area is 185 Å². The lowest BCUT2D eigenvalue weighted by Crippen LogP contribution is -2.32. The molecular formula is C26H32N2O3. The van der Waals surface area contributed by atoms with Crippen LogP contribution in [0.2, 0.25) is 0 Å². The predicted octanol–water partition coefficient (Wildman–Crippen LogP) is 4.24. The van der Waals surface area contributed by atoms with Crippen LogP contribution in [0, 0.1) is 13.8 Å². The fourth-order valence-corrected chi connectivity index (χ4v) is 4.09. The molecule has 0 saturated carbocycles. The topological polar surface area (TPSA) is 60.9 Å². The van der Waals surface area contributed by atoms with Gasteiger partial charge in [-0.2, -0.15) is 0 Å². The lowest BCUT2D eigenvalue weighted by atomic mass is 9.92. The first-order valence-electron chi connectivity index (χ1n) is 10.8. The minimum Gasteiger partial charge on any atom is -0.507 e. The van der Waals surface area contributed by atoms with Gasteiger partial charge in [0.2, 0.25) is 0 Å². The van der Waals surface area contributed by atoms with E-state index in [0.717, 1.165) is 36.1 Å². The lowest BCUT2D eigenvalue weighted by Gasteiger charge is -2.26. The minimum absolute atomic E-state index is 0.0979. The Morgan fingerprint density at radius 3 is 2.35 bits per heavy atom. The van der Waals surface area contributed by atoms with E-state index in [9.17, 15) is 14.7 Å². The molecule has 1 fully saturated rings. The number of aliphatic hydroxyl groups is 1. The van der Waals surface area contributed by atoms with Crippen LogP contribution in [0.25, 0.3) is 5.76 Å². The van der Waals surface area contributed by atoms with Gasteiger partial charge >= 0.3 is 0 Å². The maximum atomic E-state index is 13.1. The van der Waals surface area contributed by atoms with Crippen LogP contribution >= 0.6 is 0 Å². The van der Waals surface area contributed by atoms with Gasteiger partial charge in [-0.15, -0.1) is 0 Å². The molecule has 0 radical (unpaired) electrons. The van der Waals surface area contributed by atoms with Crippen molar-refractivity contribution < 1.29 is 14.7 Å². The maximum absolute atomic E-state index is 13.1. The molecule has 2 aromatic rings. The summed E-state index contributed by atoms with van der Waals surface area (Å²) in [5, 5.41) is 11.2. The summed E-state index contributed by atoms with van der Waals surface area (Å²) in [5.41, 5.74) is 4.64. The molecule has 1 unspecified atom stereocenters. The summed E-state index contributed by atoms with van der Waals surface area (Å²) in [6.45, 7) is 7.18. The number of likely N-dealkylation sites (tertiary alicyclic amines) is 1. The third-order valence-corrected chi connectivity index (χ3v) is 5.90. The molecule has 1 aliphatic heterocycles. The van der Waals surface area contributed by atoms with Crippen molar-refractivity contribution in [3.8, 4) is 0 Å². The fourth-order valence-electron chi connectivity index (χ4n) is 4.09. The number of amides is 1. The molecule has 1 atom stereocenters. The first-order chi connectivity index (χ1) is 14.7. The zero-order valence-corrected chi connectivity index (χ0v) is 19.1. The van der Waals surface area contributed by atoms with E-state index in [1.165, 1.54) is 5.56 Å². The van der Waals surface area contributed by atoms with Gasteiger partial charge in [0.15, 0.2) is 0 Å². The van der Waals surface area contributed by atoms with E-state index in [2.05, 4.69) is 11.8 Å². The zero-order chi connectivity index (χ0) is 22.7. The van der Waals surface area contributed by atoms with Crippen LogP contribution in [0.1, 0.15) is 47.2 Å². The molecule has 1 N–H and O–H groups in total. The second-order valence-corrected chi connectivity index (χ2v) is 8.56. The van der Waals surface area contributed by atoms with E-state index in [0.29, 0.717) is 12.1 Å². The van der Waals surface area contributed by atoms with Crippen molar-refractivity contribution in [2.75, 3.05) is 27.2 Å². The standard InChI is InChI=1S/C26H32N2O3/c1-6-19-10-12-20(13-11-19)23-22(24(29)21-16-17(2)8-9-18(21)3)25(30)26(31)28(23)15-7-14-27(4)5/h8-13,16,23,29H,6-7,14-15H2,1-5H3. The molecule has 2 aromatic carbocycles. The molecule has 0 spiro atoms. The number of benzene rings is 2. The molecule has 0 bridgehead atoms. The predicted molar refractivity (Wildman–Crippen MR) is 124 cm³/mol. The Hall–Kier alpha value is -2.92. The average Bonchev–Trinajstić information content (AvgIpc) is 2.99. The SMILES string of the molecule is CCc1ccc(C2C(=C(O)c3cc(C)ccc3C)C(=O)C(=O)N2CCCN(C)C)cc1. The number of hydrogen-bond donors (Lipinski definition) is 1. The van der Waals surface area contributed by atoms with Crippen LogP contribution in [-0.4, -0.2) is 53.8 Å². The van der Waals surface area contributed by atoms with Crippen LogP contribution in [0.5, 0.6) is 0 Å². The molecule has 31 heavy (non-hydrogen) atoms. The van der Waals surface area contributed by atoms with Gasteiger partial charge in [0, 0.05) is 12.1 Å². The average molecular weight is 421 g/mol. The third-order valence-electron chi connectivity index (χ3n) is 5.90. The number of hydrogen-bond acceptors (Lipinski definition) is 4. The minimum atomic E-state index is -0.618. The van der Waals surface area contributed by atoms with Crippen LogP contribution in [0.15, 0.2) is 48.0 Å². The maximum Gasteiger partial charge on any atom is 0.295 e. The third kappa shape index (κ3) is 4.72. The highest BCUT2D eigenvalue weighted by molar-refractivity contribution is 6.46. The van der Waals surface area contributed by atoms with E-state index in [4.69, 9.17) is 0 Å². The molecule has 1 amide bonds. The number of nitrogens with zero attached hydrogens (tertiary/aromatic N) is 2. The van der Waals surface area contributed by atoms with E-state index in [1.54, 1.807) is 4.90 Å². The van der Waals surface area contributed by atoms with Crippen molar-refractivity contribution in [3.63, 3.8) is 0 Å². The summed E-state index contributed by atoms with van der Waals surface area (Å²) in [6, 6.07) is 13.1. The Bertz CT molecular complexity index is 1010. The second-order valence-electron chi connectivity index (χ2n) is 8.56. The van der Waals surface area contributed by atoms with E-state index in [1.807, 2.05) is 70.4 Å². The summed E-state index contributed by atoms with van der Waals surface area (Å²) >= 11 is 0. The van der Waals surface area contributed by atoms with Crippen LogP contribution in [-0.2, 0) is 16.0 Å². The molecule has 1 aliphatic rings. The first-order valence-corrected chi connectivity index (χ1v) is 10.8. The van der Waals surface area contributed by atoms with E-state index >= 15 is 0 Å². The second kappa shape index (κ2) is 9.48. The summed E-state index contributed by atoms with van der Waals surface area (Å²) in [4.78, 5) is 29.8. The zero-order valence-electron chi connectivity index (χ0n) is 19.1. The summed E-state index contributed by atoms with van der Waals surface area (Å²) in [5.74, 6) is -1.26. The quantitative estimate of drug-likeness (QED) is 0.413. The molecule has 0 aliphatic carbocycles. The summed E-state index contributed by atoms with van der Waals surface area (Å²) < 4.78 is 0. The number of aryl methyl sites for hydroxylation is 3. The van der Waals surface area contributed by atoms with Gasteiger partial charge < -0.3 is 14.9 Å². The molecule has 1 heterocycles. The van der Waals surface area contributed by atoms with Gasteiger partial charge in [-0.05, 0) is 70.1 Å². The Balaban J connectivity index is 2.13. The molecular weight excluding hydrogens is 388 g/mol. The molecule has 5 heteroatoms. The molecule has 0 aromatic heterocycles. The number of carbonyl (C=O) groups is 2. The smallest absolute Gasteiger partial charge is 0.295 e. The normalized spacial score (nSPS) is 18.3. The molecule has 3 rings (SSSR count). The van der Waals surface area contributed by atoms with Crippen molar-refractivity contribution in [1.82, 2.24) is 9.80 Å². The Morgan fingerprint density at radius 1 is 1.06 bits per heavy atom. The van der Waals surface area contributed by atoms with Gasteiger partial charge in [-0.3, -0.25) is 9.59 Å². The van der Waals surface area contributed by atoms with Gasteiger partial charge in [0.25, 0.3) is 11.7 Å².